The summed E-state index contributed by atoms with van der Waals surface area (Å²) in [6.45, 7) is 12.0. The standard InChI is InChI=1S/C26H37NO5Si/c1-25(2,3)32-24(30)27-17-22(28)23(29)21(27)18-31-33(26(4,5)6,19-13-9-7-10-14-19)20-15-11-8-12-16-20/h7-16,21-23,28-29H,17-18H2,1-6H3/t21-,22+,23-/m0/s1. The van der Waals surface area contributed by atoms with E-state index in [0.717, 1.165) is 10.4 Å². The first-order chi connectivity index (χ1) is 15.4. The van der Waals surface area contributed by atoms with Gasteiger partial charge in [-0.15, -0.1) is 0 Å². The first-order valence-corrected chi connectivity index (χ1v) is 13.4. The molecule has 1 amide bonds. The van der Waals surface area contributed by atoms with Crippen LogP contribution in [0.2, 0.25) is 5.04 Å². The second-order valence-electron chi connectivity index (χ2n) is 10.7. The molecule has 0 radical (unpaired) electrons. The number of β-amino-alcohol motifs (C(OH)–C–C–N with tert-alkyl or cyclic N) is 1. The molecule has 3 rings (SSSR count). The maximum absolute atomic E-state index is 12.9. The monoisotopic (exact) mass is 471 g/mol. The number of benzene rings is 2. The Hall–Kier alpha value is -2.19. The zero-order valence-electron chi connectivity index (χ0n) is 20.5. The van der Waals surface area contributed by atoms with Gasteiger partial charge in [0, 0.05) is 0 Å². The Morgan fingerprint density at radius 2 is 1.42 bits per heavy atom. The largest absolute Gasteiger partial charge is 0.444 e. The number of aliphatic hydroxyl groups excluding tert-OH is 2. The first-order valence-electron chi connectivity index (χ1n) is 11.5. The van der Waals surface area contributed by atoms with Crippen molar-refractivity contribution >= 4 is 24.8 Å². The van der Waals surface area contributed by atoms with Crippen molar-refractivity contribution in [2.75, 3.05) is 13.2 Å². The van der Waals surface area contributed by atoms with Crippen molar-refractivity contribution in [3.63, 3.8) is 0 Å². The highest BCUT2D eigenvalue weighted by atomic mass is 28.4. The van der Waals surface area contributed by atoms with Gasteiger partial charge in [0.25, 0.3) is 8.32 Å². The van der Waals surface area contributed by atoms with Crippen molar-refractivity contribution in [2.24, 2.45) is 0 Å². The molecule has 3 atom stereocenters. The van der Waals surface area contributed by atoms with Crippen molar-refractivity contribution in [3.8, 4) is 0 Å². The molecular weight excluding hydrogens is 434 g/mol. The second kappa shape index (κ2) is 9.58. The Bertz CT molecular complexity index is 884. The third-order valence-electron chi connectivity index (χ3n) is 6.09. The molecule has 1 saturated heterocycles. The maximum Gasteiger partial charge on any atom is 0.410 e. The van der Waals surface area contributed by atoms with Crippen LogP contribution in [-0.4, -0.2) is 66.5 Å². The third kappa shape index (κ3) is 5.32. The topological polar surface area (TPSA) is 79.2 Å². The van der Waals surface area contributed by atoms with E-state index >= 15 is 0 Å². The van der Waals surface area contributed by atoms with Gasteiger partial charge in [0.1, 0.15) is 11.7 Å². The Labute approximate surface area is 198 Å². The van der Waals surface area contributed by atoms with E-state index < -0.39 is 38.3 Å². The summed E-state index contributed by atoms with van der Waals surface area (Å²) in [6, 6.07) is 19.7. The van der Waals surface area contributed by atoms with Gasteiger partial charge < -0.3 is 19.4 Å². The molecule has 0 bridgehead atoms. The quantitative estimate of drug-likeness (QED) is 0.656. The summed E-state index contributed by atoms with van der Waals surface area (Å²) in [5, 5.41) is 23.1. The van der Waals surface area contributed by atoms with E-state index in [2.05, 4.69) is 45.0 Å². The van der Waals surface area contributed by atoms with Crippen LogP contribution in [0.1, 0.15) is 41.5 Å². The van der Waals surface area contributed by atoms with E-state index in [4.69, 9.17) is 9.16 Å². The lowest BCUT2D eigenvalue weighted by molar-refractivity contribution is 0.00361. The molecule has 0 aliphatic carbocycles. The molecule has 0 aromatic heterocycles. The molecule has 7 heteroatoms. The summed E-state index contributed by atoms with van der Waals surface area (Å²) in [4.78, 5) is 14.3. The molecule has 1 fully saturated rings. The SMILES string of the molecule is CC(C)(C)OC(=O)N1C[C@@H](O)[C@@H](O)[C@@H]1CO[Si](c1ccccc1)(c1ccccc1)C(C)(C)C. The number of amides is 1. The van der Waals surface area contributed by atoms with Crippen LogP contribution in [0.3, 0.4) is 0 Å². The van der Waals surface area contributed by atoms with E-state index in [0.29, 0.717) is 0 Å². The number of hydrogen-bond acceptors (Lipinski definition) is 5. The lowest BCUT2D eigenvalue weighted by Gasteiger charge is -2.44. The van der Waals surface area contributed by atoms with Crippen molar-refractivity contribution in [1.82, 2.24) is 4.90 Å². The highest BCUT2D eigenvalue weighted by molar-refractivity contribution is 6.99. The summed E-state index contributed by atoms with van der Waals surface area (Å²) >= 11 is 0. The smallest absolute Gasteiger partial charge is 0.410 e. The lowest BCUT2D eigenvalue weighted by Crippen LogP contribution is -2.67. The van der Waals surface area contributed by atoms with Gasteiger partial charge >= 0.3 is 6.09 Å². The Morgan fingerprint density at radius 3 is 1.85 bits per heavy atom. The van der Waals surface area contributed by atoms with Crippen molar-refractivity contribution in [3.05, 3.63) is 60.7 Å². The number of ether oxygens (including phenoxy) is 1. The van der Waals surface area contributed by atoms with E-state index in [1.807, 2.05) is 36.4 Å². The van der Waals surface area contributed by atoms with Crippen LogP contribution in [-0.2, 0) is 9.16 Å². The zero-order chi connectivity index (χ0) is 24.4. The normalized spacial score (nSPS) is 21.8. The highest BCUT2D eigenvalue weighted by Gasteiger charge is 2.52. The van der Waals surface area contributed by atoms with Crippen LogP contribution < -0.4 is 10.4 Å². The molecule has 33 heavy (non-hydrogen) atoms. The summed E-state index contributed by atoms with van der Waals surface area (Å²) in [7, 11) is -2.85. The minimum Gasteiger partial charge on any atom is -0.444 e. The summed E-state index contributed by atoms with van der Waals surface area (Å²) in [5.41, 5.74) is -0.682. The number of rotatable bonds is 5. The fourth-order valence-electron chi connectivity index (χ4n) is 4.58. The average Bonchev–Trinajstić information content (AvgIpc) is 3.02. The van der Waals surface area contributed by atoms with Gasteiger partial charge in [-0.05, 0) is 36.2 Å². The van der Waals surface area contributed by atoms with Crippen molar-refractivity contribution in [2.45, 2.75) is 70.4 Å². The molecule has 0 saturated carbocycles. The Balaban J connectivity index is 2.00. The van der Waals surface area contributed by atoms with Gasteiger partial charge in [-0.1, -0.05) is 81.4 Å². The molecule has 6 nitrogen and oxygen atoms in total. The molecule has 1 aliphatic heterocycles. The van der Waals surface area contributed by atoms with Gasteiger partial charge in [-0.25, -0.2) is 4.79 Å². The van der Waals surface area contributed by atoms with Gasteiger partial charge in [0.2, 0.25) is 0 Å². The molecule has 1 heterocycles. The van der Waals surface area contributed by atoms with Crippen molar-refractivity contribution < 1.29 is 24.2 Å². The fraction of sp³-hybridized carbons (Fsp3) is 0.500. The summed E-state index contributed by atoms with van der Waals surface area (Å²) in [6.07, 6.45) is -2.73. The van der Waals surface area contributed by atoms with Crippen LogP contribution in [0.25, 0.3) is 0 Å². The Kier molecular flexibility index (Phi) is 7.38. The highest BCUT2D eigenvalue weighted by Crippen LogP contribution is 2.37. The van der Waals surface area contributed by atoms with E-state index in [-0.39, 0.29) is 18.2 Å². The second-order valence-corrected chi connectivity index (χ2v) is 15.0. The fourth-order valence-corrected chi connectivity index (χ4v) is 9.15. The van der Waals surface area contributed by atoms with Gasteiger partial charge in [0.15, 0.2) is 0 Å². The summed E-state index contributed by atoms with van der Waals surface area (Å²) < 4.78 is 12.4. The van der Waals surface area contributed by atoms with Crippen LogP contribution in [0, 0.1) is 0 Å². The molecule has 2 aromatic rings. The number of aliphatic hydroxyl groups is 2. The number of carbonyl (C=O) groups excluding carboxylic acids is 1. The van der Waals surface area contributed by atoms with Gasteiger partial charge in [-0.3, -0.25) is 4.90 Å². The number of likely N-dealkylation sites (tertiary alicyclic amines) is 1. The minimum absolute atomic E-state index is 0.00482. The van der Waals surface area contributed by atoms with Crippen molar-refractivity contribution in [1.29, 1.82) is 0 Å². The number of carbonyl (C=O) groups is 1. The van der Waals surface area contributed by atoms with Crippen LogP contribution in [0.4, 0.5) is 4.79 Å². The zero-order valence-corrected chi connectivity index (χ0v) is 21.5. The van der Waals surface area contributed by atoms with Crippen LogP contribution in [0.15, 0.2) is 60.7 Å². The van der Waals surface area contributed by atoms with Crippen LogP contribution in [0.5, 0.6) is 0 Å². The number of nitrogens with zero attached hydrogens (tertiary/aromatic N) is 1. The maximum atomic E-state index is 12.9. The van der Waals surface area contributed by atoms with E-state index in [1.54, 1.807) is 20.8 Å². The van der Waals surface area contributed by atoms with Gasteiger partial charge in [0.05, 0.1) is 25.3 Å². The average molecular weight is 472 g/mol. The molecule has 0 spiro atoms. The first kappa shape index (κ1) is 25.4. The predicted molar refractivity (Wildman–Crippen MR) is 132 cm³/mol. The molecule has 2 aromatic carbocycles. The molecule has 0 unspecified atom stereocenters. The Morgan fingerprint density at radius 1 is 0.939 bits per heavy atom. The summed E-state index contributed by atoms with van der Waals surface area (Å²) in [5.74, 6) is 0. The third-order valence-corrected chi connectivity index (χ3v) is 11.1. The minimum atomic E-state index is -2.85. The van der Waals surface area contributed by atoms with E-state index in [9.17, 15) is 15.0 Å². The predicted octanol–water partition coefficient (Wildman–Crippen LogP) is 2.90. The lowest BCUT2D eigenvalue weighted by atomic mass is 10.1. The molecule has 1 aliphatic rings. The molecule has 2 N–H and O–H groups in total. The molecular formula is C26H37NO5Si. The van der Waals surface area contributed by atoms with Crippen LogP contribution >= 0.6 is 0 Å². The number of hydrogen-bond donors (Lipinski definition) is 2. The van der Waals surface area contributed by atoms with Gasteiger partial charge in [-0.2, -0.15) is 0 Å². The molecule has 180 valence electrons. The van der Waals surface area contributed by atoms with E-state index in [1.165, 1.54) is 4.90 Å².